The second-order valence-electron chi connectivity index (χ2n) is 2.54. The van der Waals surface area contributed by atoms with Gasteiger partial charge in [0.05, 0.1) is 0 Å². The van der Waals surface area contributed by atoms with Crippen molar-refractivity contribution in [2.75, 3.05) is 13.2 Å². The maximum absolute atomic E-state index is 5.28. The zero-order valence-electron chi connectivity index (χ0n) is 8.04. The highest BCUT2D eigenvalue weighted by Gasteiger charge is 1.95. The molecule has 0 aromatic heterocycles. The second kappa shape index (κ2) is 14.5. The first-order valence-electron chi connectivity index (χ1n) is 4.46. The van der Waals surface area contributed by atoms with Crippen molar-refractivity contribution in [3.05, 3.63) is 0 Å². The Morgan fingerprint density at radius 1 is 0.917 bits per heavy atom. The van der Waals surface area contributed by atoms with E-state index in [2.05, 4.69) is 13.8 Å². The van der Waals surface area contributed by atoms with Gasteiger partial charge in [0.15, 0.2) is 0 Å². The van der Waals surface area contributed by atoms with Crippen LogP contribution < -0.4 is 0 Å². The molecule has 12 heavy (non-hydrogen) atoms. The molecule has 0 spiro atoms. The summed E-state index contributed by atoms with van der Waals surface area (Å²) in [5, 5.41) is 0. The summed E-state index contributed by atoms with van der Waals surface area (Å²) in [4.78, 5) is 0. The molecule has 0 heterocycles. The molecule has 0 fully saturated rings. The molecule has 0 saturated heterocycles. The fourth-order valence-electron chi connectivity index (χ4n) is 0.600. The molecule has 0 atom stereocenters. The molecule has 73 valence electrons. The molecule has 0 aromatic carbocycles. The molecule has 0 aliphatic carbocycles. The van der Waals surface area contributed by atoms with Crippen LogP contribution in [-0.4, -0.2) is 29.1 Å². The first kappa shape index (κ1) is 15.4. The summed E-state index contributed by atoms with van der Waals surface area (Å²) in [7, 11) is 0. The number of rotatable bonds is 8. The van der Waals surface area contributed by atoms with Gasteiger partial charge in [-0.25, -0.2) is 0 Å². The first-order valence-corrected chi connectivity index (χ1v) is 5.41. The lowest BCUT2D eigenvalue weighted by atomic mass is 10.4. The number of halogens is 1. The van der Waals surface area contributed by atoms with Gasteiger partial charge in [0.1, 0.15) is 0 Å². The zero-order valence-corrected chi connectivity index (χ0v) is 10.9. The Bertz CT molecular complexity index is 66.1. The van der Waals surface area contributed by atoms with Crippen molar-refractivity contribution >= 4 is 32.9 Å². The SMILES string of the molecule is Br.CCCC[O][Al][O]CCCC. The summed E-state index contributed by atoms with van der Waals surface area (Å²) in [6.07, 6.45) is 4.72. The summed E-state index contributed by atoms with van der Waals surface area (Å²) in [5.74, 6) is 0. The van der Waals surface area contributed by atoms with E-state index in [0.717, 1.165) is 26.1 Å². The average Bonchev–Trinajstić information content (AvgIpc) is 2.03. The molecule has 0 rings (SSSR count). The predicted octanol–water partition coefficient (Wildman–Crippen LogP) is 2.73. The van der Waals surface area contributed by atoms with E-state index in [1.165, 1.54) is 12.8 Å². The van der Waals surface area contributed by atoms with Crippen LogP contribution >= 0.6 is 17.0 Å². The molecular formula is C8H19AlBrO2. The highest BCUT2D eigenvalue weighted by Crippen LogP contribution is 1.89. The minimum absolute atomic E-state index is 0. The molecule has 0 bridgehead atoms. The molecule has 0 aliphatic rings. The highest BCUT2D eigenvalue weighted by atomic mass is 79.9. The van der Waals surface area contributed by atoms with Gasteiger partial charge < -0.3 is 7.58 Å². The van der Waals surface area contributed by atoms with Crippen LogP contribution in [-0.2, 0) is 7.58 Å². The molecule has 4 heteroatoms. The molecule has 0 aromatic rings. The molecular weight excluding hydrogens is 235 g/mol. The van der Waals surface area contributed by atoms with Gasteiger partial charge in [-0.2, -0.15) is 0 Å². The van der Waals surface area contributed by atoms with Crippen LogP contribution in [0.25, 0.3) is 0 Å². The van der Waals surface area contributed by atoms with E-state index in [9.17, 15) is 0 Å². The summed E-state index contributed by atoms with van der Waals surface area (Å²) >= 11 is -0.189. The van der Waals surface area contributed by atoms with Crippen molar-refractivity contribution in [3.8, 4) is 0 Å². The fraction of sp³-hybridized carbons (Fsp3) is 1.00. The van der Waals surface area contributed by atoms with Crippen molar-refractivity contribution < 1.29 is 7.58 Å². The summed E-state index contributed by atoms with van der Waals surface area (Å²) < 4.78 is 10.6. The van der Waals surface area contributed by atoms with E-state index in [-0.39, 0.29) is 32.9 Å². The van der Waals surface area contributed by atoms with Crippen molar-refractivity contribution in [3.63, 3.8) is 0 Å². The van der Waals surface area contributed by atoms with Gasteiger partial charge >= 0.3 is 15.9 Å². The van der Waals surface area contributed by atoms with E-state index < -0.39 is 0 Å². The van der Waals surface area contributed by atoms with Crippen LogP contribution in [0.2, 0.25) is 0 Å². The van der Waals surface area contributed by atoms with Gasteiger partial charge in [0.2, 0.25) is 0 Å². The number of unbranched alkanes of at least 4 members (excludes halogenated alkanes) is 2. The Kier molecular flexibility index (Phi) is 18.6. The molecule has 2 nitrogen and oxygen atoms in total. The zero-order chi connectivity index (χ0) is 8.36. The highest BCUT2D eigenvalue weighted by molar-refractivity contribution is 8.93. The quantitative estimate of drug-likeness (QED) is 0.489. The number of hydrogen-bond donors (Lipinski definition) is 0. The Morgan fingerprint density at radius 3 is 1.67 bits per heavy atom. The van der Waals surface area contributed by atoms with Crippen LogP contribution in [0, 0.1) is 0 Å². The summed E-state index contributed by atoms with van der Waals surface area (Å²) in [5.41, 5.74) is 0. The van der Waals surface area contributed by atoms with E-state index in [1.807, 2.05) is 0 Å². The maximum atomic E-state index is 5.28. The van der Waals surface area contributed by atoms with Crippen LogP contribution in [0.5, 0.6) is 0 Å². The van der Waals surface area contributed by atoms with Crippen molar-refractivity contribution in [2.24, 2.45) is 0 Å². The van der Waals surface area contributed by atoms with Crippen LogP contribution in [0.15, 0.2) is 0 Å². The Labute approximate surface area is 93.2 Å². The van der Waals surface area contributed by atoms with E-state index >= 15 is 0 Å². The molecule has 0 saturated carbocycles. The Balaban J connectivity index is 0. The normalized spacial score (nSPS) is 9.17. The standard InChI is InChI=1S/2C4H9O.Al.BrH/c2*1-2-3-4-5;;/h2*2-4H2,1H3;;1H/q2*-1;+2;. The molecule has 0 unspecified atom stereocenters. The topological polar surface area (TPSA) is 18.5 Å². The van der Waals surface area contributed by atoms with Crippen LogP contribution in [0.3, 0.4) is 0 Å². The Hall–Kier alpha value is 0.932. The second-order valence-corrected chi connectivity index (χ2v) is 3.40. The minimum atomic E-state index is -0.189. The molecule has 1 radical (unpaired) electrons. The van der Waals surface area contributed by atoms with Gasteiger partial charge in [-0.3, -0.25) is 0 Å². The van der Waals surface area contributed by atoms with Crippen LogP contribution in [0.1, 0.15) is 39.5 Å². The van der Waals surface area contributed by atoms with E-state index in [4.69, 9.17) is 7.58 Å². The smallest absolute Gasteiger partial charge is 0.484 e. The summed E-state index contributed by atoms with van der Waals surface area (Å²) in [6.45, 7) is 6.07. The lowest BCUT2D eigenvalue weighted by molar-refractivity contribution is 0.216. The Morgan fingerprint density at radius 2 is 1.33 bits per heavy atom. The van der Waals surface area contributed by atoms with Gasteiger partial charge in [0, 0.05) is 13.2 Å². The third kappa shape index (κ3) is 13.5. The van der Waals surface area contributed by atoms with Gasteiger partial charge in [-0.05, 0) is 12.8 Å². The third-order valence-corrected chi connectivity index (χ3v) is 2.11. The van der Waals surface area contributed by atoms with Gasteiger partial charge in [-0.1, -0.05) is 26.7 Å². The minimum Gasteiger partial charge on any atom is -0.484 e. The lowest BCUT2D eigenvalue weighted by Gasteiger charge is -2.02. The van der Waals surface area contributed by atoms with Gasteiger partial charge in [0.25, 0.3) is 0 Å². The maximum Gasteiger partial charge on any atom is 0.668 e. The fourth-order valence-corrected chi connectivity index (χ4v) is 1.22. The van der Waals surface area contributed by atoms with Crippen molar-refractivity contribution in [2.45, 2.75) is 39.5 Å². The molecule has 0 amide bonds. The lowest BCUT2D eigenvalue weighted by Crippen LogP contribution is -2.06. The third-order valence-electron chi connectivity index (χ3n) is 1.37. The monoisotopic (exact) mass is 253 g/mol. The first-order chi connectivity index (χ1) is 5.41. The predicted molar refractivity (Wildman–Crippen MR) is 57.8 cm³/mol. The molecule has 0 aliphatic heterocycles. The number of hydrogen-bond acceptors (Lipinski definition) is 2. The van der Waals surface area contributed by atoms with Crippen molar-refractivity contribution in [1.29, 1.82) is 0 Å². The summed E-state index contributed by atoms with van der Waals surface area (Å²) in [6, 6.07) is 0. The van der Waals surface area contributed by atoms with Gasteiger partial charge in [-0.15, -0.1) is 17.0 Å². The molecule has 0 N–H and O–H groups in total. The van der Waals surface area contributed by atoms with E-state index in [1.54, 1.807) is 0 Å². The average molecular weight is 254 g/mol. The van der Waals surface area contributed by atoms with Crippen LogP contribution in [0.4, 0.5) is 0 Å². The largest absolute Gasteiger partial charge is 0.668 e. The van der Waals surface area contributed by atoms with E-state index in [0.29, 0.717) is 0 Å². The van der Waals surface area contributed by atoms with Crippen molar-refractivity contribution in [1.82, 2.24) is 0 Å².